The van der Waals surface area contributed by atoms with E-state index in [1.165, 1.54) is 44.6 Å². The molecule has 23 heavy (non-hydrogen) atoms. The quantitative estimate of drug-likeness (QED) is 0.873. The zero-order valence-electron chi connectivity index (χ0n) is 12.5. The number of carboxylic acid groups (broad SMARTS) is 1. The summed E-state index contributed by atoms with van der Waals surface area (Å²) in [7, 11) is 2.42. The number of esters is 2. The second-order valence-electron chi connectivity index (χ2n) is 4.56. The Morgan fingerprint density at radius 2 is 1.26 bits per heavy atom. The van der Waals surface area contributed by atoms with Crippen LogP contribution in [0.25, 0.3) is 11.1 Å². The Balaban J connectivity index is 2.86. The number of carbonyl (C=O) groups excluding carboxylic acids is 2. The lowest BCUT2D eigenvalue weighted by Gasteiger charge is -2.14. The van der Waals surface area contributed by atoms with Crippen molar-refractivity contribution in [3.8, 4) is 11.1 Å². The summed E-state index contributed by atoms with van der Waals surface area (Å²) in [5.41, 5.74) is 0.549. The number of hydrogen-bond donors (Lipinski definition) is 1. The molecule has 2 aromatic carbocycles. The monoisotopic (exact) mass is 314 g/mol. The predicted octanol–water partition coefficient (Wildman–Crippen LogP) is 2.62. The van der Waals surface area contributed by atoms with Crippen LogP contribution in [-0.2, 0) is 9.47 Å². The van der Waals surface area contributed by atoms with Gasteiger partial charge in [-0.2, -0.15) is 0 Å². The first-order valence-electron chi connectivity index (χ1n) is 6.63. The van der Waals surface area contributed by atoms with Crippen molar-refractivity contribution < 1.29 is 29.0 Å². The molecule has 0 heterocycles. The summed E-state index contributed by atoms with van der Waals surface area (Å²) in [6, 6.07) is 10.5. The summed E-state index contributed by atoms with van der Waals surface area (Å²) >= 11 is 0. The highest BCUT2D eigenvalue weighted by Gasteiger charge is 2.24. The standard InChI is InChI=1S/C17H14O6/c1-22-16(20)12-8-5-9-13(17(21)23-2)14(12)10-6-3-4-7-11(10)15(18)19/h3-9H,1-2H3,(H,18,19). The zero-order chi connectivity index (χ0) is 17.0. The normalized spacial score (nSPS) is 10.0. The van der Waals surface area contributed by atoms with E-state index in [1.54, 1.807) is 12.1 Å². The zero-order valence-corrected chi connectivity index (χ0v) is 12.5. The third-order valence-corrected chi connectivity index (χ3v) is 3.30. The minimum Gasteiger partial charge on any atom is -0.478 e. The van der Waals surface area contributed by atoms with Gasteiger partial charge in [0.25, 0.3) is 0 Å². The molecule has 0 saturated carbocycles. The van der Waals surface area contributed by atoms with Crippen LogP contribution in [0.4, 0.5) is 0 Å². The fraction of sp³-hybridized carbons (Fsp3) is 0.118. The number of carbonyl (C=O) groups is 3. The first-order valence-corrected chi connectivity index (χ1v) is 6.63. The van der Waals surface area contributed by atoms with Gasteiger partial charge in [0.05, 0.1) is 30.9 Å². The summed E-state index contributed by atoms with van der Waals surface area (Å²) in [6.07, 6.45) is 0. The van der Waals surface area contributed by atoms with Gasteiger partial charge in [-0.1, -0.05) is 24.3 Å². The van der Waals surface area contributed by atoms with Crippen LogP contribution >= 0.6 is 0 Å². The Kier molecular flexibility index (Phi) is 4.75. The molecule has 6 heteroatoms. The molecule has 0 radical (unpaired) electrons. The second kappa shape index (κ2) is 6.74. The molecule has 0 spiro atoms. The molecule has 0 aliphatic carbocycles. The molecule has 0 aliphatic heterocycles. The van der Waals surface area contributed by atoms with Gasteiger partial charge in [-0.05, 0) is 23.8 Å². The molecular formula is C17H14O6. The van der Waals surface area contributed by atoms with Gasteiger partial charge in [-0.15, -0.1) is 0 Å². The van der Waals surface area contributed by atoms with Crippen molar-refractivity contribution in [3.63, 3.8) is 0 Å². The average molecular weight is 314 g/mol. The molecule has 0 bridgehead atoms. The number of methoxy groups -OCH3 is 2. The first-order chi connectivity index (χ1) is 11.0. The number of benzene rings is 2. The van der Waals surface area contributed by atoms with Gasteiger partial charge in [0, 0.05) is 5.56 Å². The Morgan fingerprint density at radius 1 is 0.783 bits per heavy atom. The lowest BCUT2D eigenvalue weighted by atomic mass is 9.91. The van der Waals surface area contributed by atoms with E-state index in [-0.39, 0.29) is 27.8 Å². The molecule has 0 aromatic heterocycles. The predicted molar refractivity (Wildman–Crippen MR) is 81.5 cm³/mol. The minimum absolute atomic E-state index is 0.0333. The lowest BCUT2D eigenvalue weighted by Crippen LogP contribution is -2.12. The molecule has 0 saturated heterocycles. The van der Waals surface area contributed by atoms with E-state index in [0.717, 1.165) is 0 Å². The summed E-state index contributed by atoms with van der Waals surface area (Å²) in [4.78, 5) is 35.5. The Hall–Kier alpha value is -3.15. The third kappa shape index (κ3) is 3.06. The molecule has 2 aromatic rings. The SMILES string of the molecule is COC(=O)c1cccc(C(=O)OC)c1-c1ccccc1C(=O)O. The molecule has 118 valence electrons. The van der Waals surface area contributed by atoms with Gasteiger partial charge < -0.3 is 14.6 Å². The van der Waals surface area contributed by atoms with Gasteiger partial charge in [0.1, 0.15) is 0 Å². The van der Waals surface area contributed by atoms with Crippen molar-refractivity contribution in [3.05, 3.63) is 59.2 Å². The first kappa shape index (κ1) is 16.2. The minimum atomic E-state index is -1.17. The number of carboxylic acids is 1. The van der Waals surface area contributed by atoms with E-state index in [1.807, 2.05) is 0 Å². The molecule has 1 N–H and O–H groups in total. The van der Waals surface area contributed by atoms with Crippen molar-refractivity contribution in [2.24, 2.45) is 0 Å². The van der Waals surface area contributed by atoms with Crippen molar-refractivity contribution in [1.29, 1.82) is 0 Å². The summed E-state index contributed by atoms with van der Waals surface area (Å²) < 4.78 is 9.46. The van der Waals surface area contributed by atoms with Gasteiger partial charge in [-0.25, -0.2) is 14.4 Å². The maximum absolute atomic E-state index is 12.0. The molecule has 6 nitrogen and oxygen atoms in total. The second-order valence-corrected chi connectivity index (χ2v) is 4.56. The highest BCUT2D eigenvalue weighted by Crippen LogP contribution is 2.32. The number of rotatable bonds is 4. The van der Waals surface area contributed by atoms with E-state index >= 15 is 0 Å². The topological polar surface area (TPSA) is 89.9 Å². The molecule has 0 fully saturated rings. The molecule has 0 unspecified atom stereocenters. The Bertz CT molecular complexity index is 744. The highest BCUT2D eigenvalue weighted by molar-refractivity contribution is 6.09. The van der Waals surface area contributed by atoms with Crippen LogP contribution in [0.1, 0.15) is 31.1 Å². The van der Waals surface area contributed by atoms with Crippen molar-refractivity contribution >= 4 is 17.9 Å². The molecule has 0 atom stereocenters. The van der Waals surface area contributed by atoms with Crippen LogP contribution in [0.2, 0.25) is 0 Å². The number of hydrogen-bond acceptors (Lipinski definition) is 5. The average Bonchev–Trinajstić information content (AvgIpc) is 2.59. The summed E-state index contributed by atoms with van der Waals surface area (Å²) in [5.74, 6) is -2.52. The fourth-order valence-electron chi connectivity index (χ4n) is 2.29. The largest absolute Gasteiger partial charge is 0.478 e. The van der Waals surface area contributed by atoms with Gasteiger partial charge in [0.15, 0.2) is 0 Å². The Labute approximate surface area is 132 Å². The van der Waals surface area contributed by atoms with E-state index in [9.17, 15) is 19.5 Å². The van der Waals surface area contributed by atoms with E-state index in [0.29, 0.717) is 0 Å². The van der Waals surface area contributed by atoms with E-state index in [2.05, 4.69) is 0 Å². The molecule has 0 amide bonds. The summed E-state index contributed by atoms with van der Waals surface area (Å²) in [5, 5.41) is 9.37. The highest BCUT2D eigenvalue weighted by atomic mass is 16.5. The lowest BCUT2D eigenvalue weighted by molar-refractivity contribution is 0.0598. The van der Waals surface area contributed by atoms with Crippen LogP contribution in [0.5, 0.6) is 0 Å². The van der Waals surface area contributed by atoms with E-state index in [4.69, 9.17) is 9.47 Å². The smallest absolute Gasteiger partial charge is 0.338 e. The van der Waals surface area contributed by atoms with Gasteiger partial charge in [-0.3, -0.25) is 0 Å². The van der Waals surface area contributed by atoms with Crippen LogP contribution in [0, 0.1) is 0 Å². The van der Waals surface area contributed by atoms with Crippen LogP contribution in [-0.4, -0.2) is 37.2 Å². The Morgan fingerprint density at radius 3 is 1.74 bits per heavy atom. The maximum atomic E-state index is 12.0. The fourth-order valence-corrected chi connectivity index (χ4v) is 2.29. The van der Waals surface area contributed by atoms with Crippen LogP contribution in [0.3, 0.4) is 0 Å². The van der Waals surface area contributed by atoms with Crippen molar-refractivity contribution in [2.45, 2.75) is 0 Å². The van der Waals surface area contributed by atoms with Gasteiger partial charge in [0.2, 0.25) is 0 Å². The molecule has 0 aliphatic rings. The number of aromatic carboxylic acids is 1. The van der Waals surface area contributed by atoms with Crippen molar-refractivity contribution in [1.82, 2.24) is 0 Å². The molecular weight excluding hydrogens is 300 g/mol. The third-order valence-electron chi connectivity index (χ3n) is 3.30. The van der Waals surface area contributed by atoms with Crippen LogP contribution < -0.4 is 0 Å². The molecule has 2 rings (SSSR count). The van der Waals surface area contributed by atoms with Crippen LogP contribution in [0.15, 0.2) is 42.5 Å². The number of ether oxygens (including phenoxy) is 2. The van der Waals surface area contributed by atoms with Crippen molar-refractivity contribution in [2.75, 3.05) is 14.2 Å². The maximum Gasteiger partial charge on any atom is 0.338 e. The van der Waals surface area contributed by atoms with E-state index < -0.39 is 17.9 Å². The summed E-state index contributed by atoms with van der Waals surface area (Å²) in [6.45, 7) is 0. The van der Waals surface area contributed by atoms with Gasteiger partial charge >= 0.3 is 17.9 Å².